The summed E-state index contributed by atoms with van der Waals surface area (Å²) in [5.41, 5.74) is 2.50. The smallest absolute Gasteiger partial charge is 0.228 e. The zero-order valence-electron chi connectivity index (χ0n) is 12.6. The highest BCUT2D eigenvalue weighted by atomic mass is 79.9. The zero-order chi connectivity index (χ0) is 15.8. The van der Waals surface area contributed by atoms with Crippen LogP contribution < -0.4 is 0 Å². The van der Waals surface area contributed by atoms with Gasteiger partial charge >= 0.3 is 0 Å². The van der Waals surface area contributed by atoms with E-state index in [-0.39, 0.29) is 10.9 Å². The van der Waals surface area contributed by atoms with Crippen LogP contribution in [-0.2, 0) is 22.1 Å². The van der Waals surface area contributed by atoms with Crippen molar-refractivity contribution in [1.29, 1.82) is 0 Å². The second-order valence-electron chi connectivity index (χ2n) is 5.59. The van der Waals surface area contributed by atoms with Gasteiger partial charge in [0.05, 0.1) is 15.2 Å². The number of halogens is 1. The fourth-order valence-corrected chi connectivity index (χ4v) is 5.02. The van der Waals surface area contributed by atoms with Gasteiger partial charge in [-0.3, -0.25) is 0 Å². The van der Waals surface area contributed by atoms with Crippen LogP contribution in [0.1, 0.15) is 30.8 Å². The molecule has 0 fully saturated rings. The molecule has 0 saturated heterocycles. The van der Waals surface area contributed by atoms with Crippen LogP contribution in [0.3, 0.4) is 0 Å². The SMILES string of the molecule is Cc1nc(S(=O)(=O)Cc2csc(Br)c2)n(CC(C)C)c1C. The van der Waals surface area contributed by atoms with Gasteiger partial charge in [-0.1, -0.05) is 13.8 Å². The highest BCUT2D eigenvalue weighted by Gasteiger charge is 2.25. The first-order valence-corrected chi connectivity index (χ1v) is 10.0. The van der Waals surface area contributed by atoms with Crippen LogP contribution in [0.5, 0.6) is 0 Å². The average Bonchev–Trinajstić information content (AvgIpc) is 2.87. The summed E-state index contributed by atoms with van der Waals surface area (Å²) in [6, 6.07) is 1.84. The summed E-state index contributed by atoms with van der Waals surface area (Å²) in [5.74, 6) is 0.352. The Morgan fingerprint density at radius 1 is 1.38 bits per heavy atom. The Balaban J connectivity index is 2.42. The first-order chi connectivity index (χ1) is 9.70. The van der Waals surface area contributed by atoms with Crippen molar-refractivity contribution in [2.75, 3.05) is 0 Å². The number of aromatic nitrogens is 2. The van der Waals surface area contributed by atoms with E-state index in [0.717, 1.165) is 20.7 Å². The first kappa shape index (κ1) is 16.7. The highest BCUT2D eigenvalue weighted by Crippen LogP contribution is 2.25. The number of thiophene rings is 1. The van der Waals surface area contributed by atoms with E-state index in [4.69, 9.17) is 0 Å². The van der Waals surface area contributed by atoms with Gasteiger partial charge in [0.2, 0.25) is 15.0 Å². The van der Waals surface area contributed by atoms with Gasteiger partial charge in [-0.25, -0.2) is 13.4 Å². The van der Waals surface area contributed by atoms with Crippen LogP contribution in [0.15, 0.2) is 20.4 Å². The number of rotatable bonds is 5. The monoisotopic (exact) mass is 390 g/mol. The molecule has 0 atom stereocenters. The highest BCUT2D eigenvalue weighted by molar-refractivity contribution is 9.11. The Kier molecular flexibility index (Phi) is 4.95. The number of sulfone groups is 1. The molecule has 2 heterocycles. The van der Waals surface area contributed by atoms with Crippen molar-refractivity contribution in [3.05, 3.63) is 32.2 Å². The standard InChI is InChI=1S/C14H19BrN2O2S2/c1-9(2)6-17-11(4)10(3)16-14(17)21(18,19)8-12-5-13(15)20-7-12/h5,7,9H,6,8H2,1-4H3. The van der Waals surface area contributed by atoms with Crippen molar-refractivity contribution in [3.63, 3.8) is 0 Å². The van der Waals surface area contributed by atoms with Crippen LogP contribution in [0.4, 0.5) is 0 Å². The minimum atomic E-state index is -3.44. The van der Waals surface area contributed by atoms with E-state index in [9.17, 15) is 8.42 Å². The van der Waals surface area contributed by atoms with E-state index in [1.807, 2.05) is 29.9 Å². The molecule has 7 heteroatoms. The third kappa shape index (κ3) is 3.76. The van der Waals surface area contributed by atoms with Crippen molar-refractivity contribution in [1.82, 2.24) is 9.55 Å². The quantitative estimate of drug-likeness (QED) is 0.776. The van der Waals surface area contributed by atoms with E-state index in [2.05, 4.69) is 34.8 Å². The van der Waals surface area contributed by atoms with E-state index in [0.29, 0.717) is 12.5 Å². The van der Waals surface area contributed by atoms with Crippen molar-refractivity contribution >= 4 is 37.1 Å². The maximum atomic E-state index is 12.7. The third-order valence-electron chi connectivity index (χ3n) is 3.23. The Morgan fingerprint density at radius 3 is 2.57 bits per heavy atom. The summed E-state index contributed by atoms with van der Waals surface area (Å²) >= 11 is 4.85. The molecule has 116 valence electrons. The second-order valence-corrected chi connectivity index (χ2v) is 9.76. The minimum Gasteiger partial charge on any atom is -0.319 e. The lowest BCUT2D eigenvalue weighted by Gasteiger charge is -2.12. The summed E-state index contributed by atoms with van der Waals surface area (Å²) in [7, 11) is -3.44. The fourth-order valence-electron chi connectivity index (χ4n) is 2.15. The largest absolute Gasteiger partial charge is 0.319 e. The van der Waals surface area contributed by atoms with Gasteiger partial charge < -0.3 is 4.57 Å². The van der Waals surface area contributed by atoms with Crippen LogP contribution in [0.2, 0.25) is 0 Å². The molecule has 0 N–H and O–H groups in total. The van der Waals surface area contributed by atoms with Crippen LogP contribution in [0.25, 0.3) is 0 Å². The number of hydrogen-bond donors (Lipinski definition) is 0. The summed E-state index contributed by atoms with van der Waals surface area (Å²) in [4.78, 5) is 4.30. The van der Waals surface area contributed by atoms with Crippen LogP contribution >= 0.6 is 27.3 Å². The van der Waals surface area contributed by atoms with E-state index >= 15 is 0 Å². The molecular formula is C14H19BrN2O2S2. The Bertz CT molecular complexity index is 745. The van der Waals surface area contributed by atoms with Gasteiger partial charge in [-0.15, -0.1) is 11.3 Å². The molecule has 0 saturated carbocycles. The molecule has 2 rings (SSSR count). The topological polar surface area (TPSA) is 52.0 Å². The number of aryl methyl sites for hydroxylation is 1. The third-order valence-corrected chi connectivity index (χ3v) is 6.36. The van der Waals surface area contributed by atoms with Gasteiger partial charge in [0, 0.05) is 12.2 Å². The van der Waals surface area contributed by atoms with Gasteiger partial charge in [-0.2, -0.15) is 0 Å². The Morgan fingerprint density at radius 2 is 2.05 bits per heavy atom. The van der Waals surface area contributed by atoms with Crippen molar-refractivity contribution in [3.8, 4) is 0 Å². The molecule has 0 unspecified atom stereocenters. The molecule has 0 aliphatic heterocycles. The molecule has 0 spiro atoms. The lowest BCUT2D eigenvalue weighted by atomic mass is 10.2. The van der Waals surface area contributed by atoms with Crippen LogP contribution in [0, 0.1) is 19.8 Å². The lowest BCUT2D eigenvalue weighted by Crippen LogP contribution is -2.16. The summed E-state index contributed by atoms with van der Waals surface area (Å²) < 4.78 is 28.1. The molecule has 0 amide bonds. The van der Waals surface area contributed by atoms with E-state index in [1.54, 1.807) is 0 Å². The second kappa shape index (κ2) is 6.22. The molecule has 0 bridgehead atoms. The maximum Gasteiger partial charge on any atom is 0.228 e. The summed E-state index contributed by atoms with van der Waals surface area (Å²) in [6.07, 6.45) is 0. The minimum absolute atomic E-state index is 0.0108. The molecule has 0 radical (unpaired) electrons. The van der Waals surface area contributed by atoms with Gasteiger partial charge in [0.15, 0.2) is 0 Å². The first-order valence-electron chi connectivity index (χ1n) is 6.70. The predicted molar refractivity (Wildman–Crippen MR) is 89.4 cm³/mol. The zero-order valence-corrected chi connectivity index (χ0v) is 15.8. The predicted octanol–water partition coefficient (Wildman–Crippen LogP) is 3.95. The molecule has 21 heavy (non-hydrogen) atoms. The molecule has 4 nitrogen and oxygen atoms in total. The van der Waals surface area contributed by atoms with Crippen LogP contribution in [-0.4, -0.2) is 18.0 Å². The number of nitrogens with zero attached hydrogens (tertiary/aromatic N) is 2. The number of imidazole rings is 1. The molecule has 2 aromatic heterocycles. The van der Waals surface area contributed by atoms with Crippen molar-refractivity contribution in [2.45, 2.75) is 45.1 Å². The maximum absolute atomic E-state index is 12.7. The lowest BCUT2D eigenvalue weighted by molar-refractivity contribution is 0.475. The van der Waals surface area contributed by atoms with Gasteiger partial charge in [0.1, 0.15) is 0 Å². The van der Waals surface area contributed by atoms with Gasteiger partial charge in [0.25, 0.3) is 0 Å². The fraction of sp³-hybridized carbons (Fsp3) is 0.500. The molecule has 0 aromatic carbocycles. The van der Waals surface area contributed by atoms with E-state index in [1.165, 1.54) is 11.3 Å². The normalized spacial score (nSPS) is 12.3. The molecule has 0 aliphatic carbocycles. The molecule has 2 aromatic rings. The Labute approximate surface area is 138 Å². The summed E-state index contributed by atoms with van der Waals surface area (Å²) in [6.45, 7) is 8.58. The molecular weight excluding hydrogens is 372 g/mol. The van der Waals surface area contributed by atoms with Crippen molar-refractivity contribution < 1.29 is 8.42 Å². The average molecular weight is 391 g/mol. The molecule has 0 aliphatic rings. The van der Waals surface area contributed by atoms with Gasteiger partial charge in [-0.05, 0) is 52.7 Å². The number of hydrogen-bond acceptors (Lipinski definition) is 4. The summed E-state index contributed by atoms with van der Waals surface area (Å²) in [5, 5.41) is 2.05. The Hall–Kier alpha value is -0.660. The van der Waals surface area contributed by atoms with Crippen molar-refractivity contribution in [2.24, 2.45) is 5.92 Å². The van der Waals surface area contributed by atoms with E-state index < -0.39 is 9.84 Å².